The van der Waals surface area contributed by atoms with Crippen molar-refractivity contribution in [2.75, 3.05) is 0 Å². The first-order chi connectivity index (χ1) is 8.34. The number of nitrogens with zero attached hydrogens (tertiary/aromatic N) is 2. The normalized spacial score (nSPS) is 10.8. The van der Waals surface area contributed by atoms with Crippen LogP contribution >= 0.6 is 11.8 Å². The van der Waals surface area contributed by atoms with E-state index in [-0.39, 0.29) is 0 Å². The highest BCUT2D eigenvalue weighted by molar-refractivity contribution is 7.99. The summed E-state index contributed by atoms with van der Waals surface area (Å²) in [7, 11) is 0. The van der Waals surface area contributed by atoms with Crippen LogP contribution in [-0.4, -0.2) is 14.5 Å². The van der Waals surface area contributed by atoms with Gasteiger partial charge in [-0.2, -0.15) is 0 Å². The molecule has 84 valence electrons. The van der Waals surface area contributed by atoms with Crippen molar-refractivity contribution in [1.29, 1.82) is 0 Å². The summed E-state index contributed by atoms with van der Waals surface area (Å²) in [5, 5.41) is 10.8. The zero-order chi connectivity index (χ0) is 11.7. The molecule has 17 heavy (non-hydrogen) atoms. The minimum absolute atomic E-state index is 0.301. The maximum absolute atomic E-state index is 9.75. The lowest BCUT2D eigenvalue weighted by molar-refractivity contribution is 0.462. The number of benzene rings is 1. The number of rotatable bonds is 2. The average molecular weight is 242 g/mol. The summed E-state index contributed by atoms with van der Waals surface area (Å²) in [6.45, 7) is 0. The summed E-state index contributed by atoms with van der Waals surface area (Å²) in [6.07, 6.45) is 3.68. The Labute approximate surface area is 103 Å². The molecule has 3 rings (SSSR count). The molecular formula is C13H10N2OS. The highest BCUT2D eigenvalue weighted by atomic mass is 32.2. The van der Waals surface area contributed by atoms with Crippen molar-refractivity contribution in [2.24, 2.45) is 0 Å². The van der Waals surface area contributed by atoms with Gasteiger partial charge in [0.15, 0.2) is 0 Å². The molecule has 3 nitrogen and oxygen atoms in total. The Balaban J connectivity index is 2.06. The second kappa shape index (κ2) is 4.14. The minimum Gasteiger partial charge on any atom is -0.507 e. The third kappa shape index (κ3) is 1.87. The van der Waals surface area contributed by atoms with E-state index in [0.717, 1.165) is 15.6 Å². The molecule has 0 saturated heterocycles. The Bertz CT molecular complexity index is 663. The number of imidazole rings is 1. The molecule has 0 spiro atoms. The van der Waals surface area contributed by atoms with Crippen LogP contribution in [0.5, 0.6) is 5.75 Å². The Morgan fingerprint density at radius 3 is 2.82 bits per heavy atom. The van der Waals surface area contributed by atoms with Gasteiger partial charge in [0.05, 0.1) is 9.92 Å². The molecule has 4 heteroatoms. The average Bonchev–Trinajstić information content (AvgIpc) is 2.81. The van der Waals surface area contributed by atoms with Crippen molar-refractivity contribution in [2.45, 2.75) is 9.92 Å². The first kappa shape index (κ1) is 10.2. The fourth-order valence-electron chi connectivity index (χ4n) is 1.66. The monoisotopic (exact) mass is 242 g/mol. The van der Waals surface area contributed by atoms with Gasteiger partial charge in [-0.25, -0.2) is 4.98 Å². The van der Waals surface area contributed by atoms with Crippen LogP contribution in [0.4, 0.5) is 0 Å². The van der Waals surface area contributed by atoms with Crippen LogP contribution < -0.4 is 0 Å². The van der Waals surface area contributed by atoms with Crippen LogP contribution in [0.3, 0.4) is 0 Å². The Kier molecular flexibility index (Phi) is 2.49. The molecule has 0 radical (unpaired) electrons. The van der Waals surface area contributed by atoms with Crippen molar-refractivity contribution >= 4 is 17.4 Å². The maximum atomic E-state index is 9.75. The number of fused-ring (bicyclic) bond motifs is 1. The van der Waals surface area contributed by atoms with E-state index in [4.69, 9.17) is 0 Å². The maximum Gasteiger partial charge on any atom is 0.137 e. The highest BCUT2D eigenvalue weighted by Crippen LogP contribution is 2.33. The molecule has 1 N–H and O–H groups in total. The number of para-hydroxylation sites is 1. The van der Waals surface area contributed by atoms with Crippen molar-refractivity contribution in [3.05, 3.63) is 54.9 Å². The van der Waals surface area contributed by atoms with E-state index < -0.39 is 0 Å². The third-order valence-corrected chi connectivity index (χ3v) is 3.58. The molecule has 3 aromatic rings. The van der Waals surface area contributed by atoms with Gasteiger partial charge in [-0.05, 0) is 24.3 Å². The highest BCUT2D eigenvalue weighted by Gasteiger charge is 2.05. The zero-order valence-electron chi connectivity index (χ0n) is 8.95. The zero-order valence-corrected chi connectivity index (χ0v) is 9.76. The molecule has 0 fully saturated rings. The minimum atomic E-state index is 0.301. The van der Waals surface area contributed by atoms with Crippen molar-refractivity contribution < 1.29 is 5.11 Å². The van der Waals surface area contributed by atoms with E-state index in [0.29, 0.717) is 5.75 Å². The van der Waals surface area contributed by atoms with Crippen LogP contribution in [0, 0.1) is 0 Å². The standard InChI is InChI=1S/C13H10N2OS/c16-10-4-1-2-5-11(10)17-13-7-3-6-12-14-8-9-15(12)13/h1-9,16H. The molecular weight excluding hydrogens is 232 g/mol. The molecule has 0 bridgehead atoms. The number of aromatic nitrogens is 2. The number of phenolic OH excluding ortho intramolecular Hbond substituents is 1. The van der Waals surface area contributed by atoms with E-state index in [2.05, 4.69) is 4.98 Å². The van der Waals surface area contributed by atoms with Gasteiger partial charge in [0.25, 0.3) is 0 Å². The molecule has 0 atom stereocenters. The first-order valence-corrected chi connectivity index (χ1v) is 6.04. The molecule has 0 saturated carbocycles. The summed E-state index contributed by atoms with van der Waals surface area (Å²) < 4.78 is 2.00. The van der Waals surface area contributed by atoms with Gasteiger partial charge in [-0.15, -0.1) is 0 Å². The smallest absolute Gasteiger partial charge is 0.137 e. The van der Waals surface area contributed by atoms with E-state index in [1.807, 2.05) is 47.0 Å². The summed E-state index contributed by atoms with van der Waals surface area (Å²) in [5.41, 5.74) is 0.908. The Morgan fingerprint density at radius 2 is 1.94 bits per heavy atom. The second-order valence-corrected chi connectivity index (χ2v) is 4.65. The van der Waals surface area contributed by atoms with Crippen LogP contribution in [0.25, 0.3) is 5.65 Å². The Hall–Kier alpha value is -1.94. The largest absolute Gasteiger partial charge is 0.507 e. The third-order valence-electron chi connectivity index (χ3n) is 2.47. The fraction of sp³-hybridized carbons (Fsp3) is 0. The van der Waals surface area contributed by atoms with Gasteiger partial charge in [-0.3, -0.25) is 4.40 Å². The number of pyridine rings is 1. The van der Waals surface area contributed by atoms with Gasteiger partial charge in [0.2, 0.25) is 0 Å². The summed E-state index contributed by atoms with van der Waals surface area (Å²) in [6, 6.07) is 13.2. The second-order valence-electron chi connectivity index (χ2n) is 3.59. The van der Waals surface area contributed by atoms with Crippen LogP contribution in [-0.2, 0) is 0 Å². The lowest BCUT2D eigenvalue weighted by Gasteiger charge is -2.06. The number of aromatic hydroxyl groups is 1. The predicted octanol–water partition coefficient (Wildman–Crippen LogP) is 3.19. The first-order valence-electron chi connectivity index (χ1n) is 5.22. The van der Waals surface area contributed by atoms with Crippen molar-refractivity contribution in [3.8, 4) is 5.75 Å². The van der Waals surface area contributed by atoms with Gasteiger partial charge in [-0.1, -0.05) is 30.0 Å². The van der Waals surface area contributed by atoms with Gasteiger partial charge >= 0.3 is 0 Å². The van der Waals surface area contributed by atoms with E-state index in [9.17, 15) is 5.11 Å². The predicted molar refractivity (Wildman–Crippen MR) is 67.4 cm³/mol. The van der Waals surface area contributed by atoms with Crippen molar-refractivity contribution in [1.82, 2.24) is 9.38 Å². The molecule has 0 aliphatic rings. The van der Waals surface area contributed by atoms with E-state index in [1.54, 1.807) is 12.3 Å². The van der Waals surface area contributed by atoms with Gasteiger partial charge < -0.3 is 5.11 Å². The molecule has 0 aliphatic carbocycles. The van der Waals surface area contributed by atoms with Crippen LogP contribution in [0.1, 0.15) is 0 Å². The lowest BCUT2D eigenvalue weighted by Crippen LogP contribution is -1.87. The van der Waals surface area contributed by atoms with Crippen LogP contribution in [0.2, 0.25) is 0 Å². The van der Waals surface area contributed by atoms with Crippen molar-refractivity contribution in [3.63, 3.8) is 0 Å². The van der Waals surface area contributed by atoms with Crippen LogP contribution in [0.15, 0.2) is 64.8 Å². The number of phenols is 1. The lowest BCUT2D eigenvalue weighted by atomic mass is 10.3. The Morgan fingerprint density at radius 1 is 1.06 bits per heavy atom. The topological polar surface area (TPSA) is 37.5 Å². The SMILES string of the molecule is Oc1ccccc1Sc1cccc2nccn12. The molecule has 2 heterocycles. The molecule has 0 amide bonds. The molecule has 0 aliphatic heterocycles. The molecule has 2 aromatic heterocycles. The van der Waals surface area contributed by atoms with Gasteiger partial charge in [0, 0.05) is 12.4 Å². The molecule has 1 aromatic carbocycles. The summed E-state index contributed by atoms with van der Waals surface area (Å²) in [4.78, 5) is 5.07. The fourth-order valence-corrected chi connectivity index (χ4v) is 2.60. The number of hydrogen-bond donors (Lipinski definition) is 1. The number of hydrogen-bond acceptors (Lipinski definition) is 3. The molecule has 0 unspecified atom stereocenters. The summed E-state index contributed by atoms with van der Waals surface area (Å²) >= 11 is 1.52. The quantitative estimate of drug-likeness (QED) is 0.750. The van der Waals surface area contributed by atoms with E-state index >= 15 is 0 Å². The summed E-state index contributed by atoms with van der Waals surface area (Å²) in [5.74, 6) is 0.301. The van der Waals surface area contributed by atoms with Gasteiger partial charge in [0.1, 0.15) is 11.4 Å². The van der Waals surface area contributed by atoms with E-state index in [1.165, 1.54) is 11.8 Å².